The largest absolute Gasteiger partial charge is 0.451 e. The van der Waals surface area contributed by atoms with Crippen molar-refractivity contribution in [3.05, 3.63) is 84.6 Å². The van der Waals surface area contributed by atoms with Gasteiger partial charge in [-0.25, -0.2) is 27.8 Å². The van der Waals surface area contributed by atoms with E-state index in [0.717, 1.165) is 11.8 Å². The highest BCUT2D eigenvalue weighted by molar-refractivity contribution is 5.98. The predicted molar refractivity (Wildman–Crippen MR) is 126 cm³/mol. The molecule has 2 aromatic heterocycles. The first-order valence-corrected chi connectivity index (χ1v) is 11.0. The summed E-state index contributed by atoms with van der Waals surface area (Å²) in [5.74, 6) is -9.34. The van der Waals surface area contributed by atoms with Gasteiger partial charge in [-0.3, -0.25) is 0 Å². The minimum absolute atomic E-state index is 0.0191. The third-order valence-corrected chi connectivity index (χ3v) is 6.16. The zero-order valence-electron chi connectivity index (χ0n) is 19.2. The van der Waals surface area contributed by atoms with Crippen molar-refractivity contribution in [3.8, 4) is 22.8 Å². The zero-order chi connectivity index (χ0) is 26.4. The van der Waals surface area contributed by atoms with Gasteiger partial charge in [0.2, 0.25) is 17.4 Å². The Balaban J connectivity index is 1.54. The minimum Gasteiger partial charge on any atom is -0.451 e. The topological polar surface area (TPSA) is 82.1 Å². The summed E-state index contributed by atoms with van der Waals surface area (Å²) in [6.45, 7) is 8.98. The lowest BCUT2D eigenvalue weighted by Gasteiger charge is -2.18. The Hall–Kier alpha value is -4.48. The van der Waals surface area contributed by atoms with Crippen LogP contribution in [-0.2, 0) is 0 Å². The molecule has 0 radical (unpaired) electrons. The number of hydrogen-bond acceptors (Lipinski definition) is 6. The van der Waals surface area contributed by atoms with Crippen molar-refractivity contribution in [1.82, 2.24) is 24.6 Å². The first kappa shape index (κ1) is 24.2. The van der Waals surface area contributed by atoms with E-state index in [1.54, 1.807) is 10.8 Å². The van der Waals surface area contributed by atoms with Crippen LogP contribution >= 0.6 is 0 Å². The maximum absolute atomic E-state index is 15.3. The highest BCUT2D eigenvalue weighted by Gasteiger charge is 2.29. The molecule has 1 aliphatic rings. The van der Waals surface area contributed by atoms with E-state index in [1.807, 2.05) is 4.90 Å². The molecular weight excluding hydrogens is 495 g/mol. The van der Waals surface area contributed by atoms with Crippen LogP contribution in [-0.4, -0.2) is 37.7 Å². The molecule has 2 aromatic carbocycles. The van der Waals surface area contributed by atoms with Gasteiger partial charge < -0.3 is 15.4 Å². The summed E-state index contributed by atoms with van der Waals surface area (Å²) in [6, 6.07) is 3.16. The van der Waals surface area contributed by atoms with Gasteiger partial charge >= 0.3 is 0 Å². The summed E-state index contributed by atoms with van der Waals surface area (Å²) in [5.41, 5.74) is 7.40. The molecule has 0 spiro atoms. The maximum Gasteiger partial charge on any atom is 0.204 e. The first-order valence-electron chi connectivity index (χ1n) is 11.0. The second-order valence-electron chi connectivity index (χ2n) is 8.38. The number of anilines is 1. The van der Waals surface area contributed by atoms with E-state index in [2.05, 4.69) is 28.2 Å². The lowest BCUT2D eigenvalue weighted by Crippen LogP contribution is -2.20. The van der Waals surface area contributed by atoms with E-state index in [-0.39, 0.29) is 29.2 Å². The Labute approximate surface area is 207 Å². The molecule has 12 heteroatoms. The van der Waals surface area contributed by atoms with Crippen LogP contribution in [0.2, 0.25) is 0 Å². The molecule has 3 heterocycles. The Kier molecular flexibility index (Phi) is 6.02. The van der Waals surface area contributed by atoms with Crippen LogP contribution in [0.1, 0.15) is 12.5 Å². The Bertz CT molecular complexity index is 1540. The molecule has 5 rings (SSSR count). The third kappa shape index (κ3) is 4.13. The van der Waals surface area contributed by atoms with Gasteiger partial charge in [-0.05, 0) is 24.6 Å². The second-order valence-corrected chi connectivity index (χ2v) is 8.38. The van der Waals surface area contributed by atoms with Crippen molar-refractivity contribution in [3.63, 3.8) is 0 Å². The molecule has 4 aromatic rings. The Morgan fingerprint density at radius 3 is 2.46 bits per heavy atom. The van der Waals surface area contributed by atoms with Gasteiger partial charge in [-0.2, -0.15) is 13.9 Å². The fourth-order valence-electron chi connectivity index (χ4n) is 4.28. The quantitative estimate of drug-likeness (QED) is 0.208. The van der Waals surface area contributed by atoms with Gasteiger partial charge in [0.05, 0.1) is 11.4 Å². The summed E-state index contributed by atoms with van der Waals surface area (Å²) in [6.07, 6.45) is 3.65. The SMILES string of the molecule is C=CC(=C)N1CC[C@@H](n2nc(-c3ccc(Oc4c(F)c(F)cc(F)c4F)cc3F)c3c(N)ncnc32)C1. The first-order chi connectivity index (χ1) is 17.7. The van der Waals surface area contributed by atoms with Crippen LogP contribution < -0.4 is 10.5 Å². The summed E-state index contributed by atoms with van der Waals surface area (Å²) in [4.78, 5) is 10.3. The molecular formula is C25H19F5N6O. The van der Waals surface area contributed by atoms with Gasteiger partial charge in [-0.15, -0.1) is 0 Å². The molecule has 1 saturated heterocycles. The molecule has 2 N–H and O–H groups in total. The van der Waals surface area contributed by atoms with Crippen LogP contribution in [0.3, 0.4) is 0 Å². The molecule has 0 amide bonds. The van der Waals surface area contributed by atoms with E-state index in [4.69, 9.17) is 10.5 Å². The molecule has 7 nitrogen and oxygen atoms in total. The van der Waals surface area contributed by atoms with E-state index >= 15 is 4.39 Å². The molecule has 37 heavy (non-hydrogen) atoms. The second kappa shape index (κ2) is 9.19. The molecule has 0 unspecified atom stereocenters. The Morgan fingerprint density at radius 2 is 1.78 bits per heavy atom. The smallest absolute Gasteiger partial charge is 0.204 e. The predicted octanol–water partition coefficient (Wildman–Crippen LogP) is 5.51. The maximum atomic E-state index is 15.3. The number of benzene rings is 2. The van der Waals surface area contributed by atoms with Crippen molar-refractivity contribution in [2.24, 2.45) is 0 Å². The van der Waals surface area contributed by atoms with E-state index < -0.39 is 40.6 Å². The van der Waals surface area contributed by atoms with Crippen molar-refractivity contribution in [2.45, 2.75) is 12.5 Å². The van der Waals surface area contributed by atoms with Crippen LogP contribution in [0.4, 0.5) is 27.8 Å². The number of likely N-dealkylation sites (tertiary alicyclic amines) is 1. The third-order valence-electron chi connectivity index (χ3n) is 6.16. The van der Waals surface area contributed by atoms with Gasteiger partial charge in [-0.1, -0.05) is 13.2 Å². The molecule has 1 fully saturated rings. The number of ether oxygens (including phenoxy) is 1. The molecule has 1 aliphatic heterocycles. The van der Waals surface area contributed by atoms with Gasteiger partial charge in [0, 0.05) is 36.5 Å². The molecule has 1 atom stereocenters. The number of aromatic nitrogens is 4. The summed E-state index contributed by atoms with van der Waals surface area (Å²) < 4.78 is 76.9. The number of allylic oxidation sites excluding steroid dienone is 1. The van der Waals surface area contributed by atoms with Crippen LogP contribution in [0, 0.1) is 29.1 Å². The number of nitrogens with zero attached hydrogens (tertiary/aromatic N) is 5. The zero-order valence-corrected chi connectivity index (χ0v) is 19.2. The number of nitrogen functional groups attached to an aromatic ring is 1. The summed E-state index contributed by atoms with van der Waals surface area (Å²) in [7, 11) is 0. The van der Waals surface area contributed by atoms with Gasteiger partial charge in [0.25, 0.3) is 0 Å². The summed E-state index contributed by atoms with van der Waals surface area (Å²) in [5, 5.41) is 4.92. The average molecular weight is 514 g/mol. The van der Waals surface area contributed by atoms with E-state index in [1.165, 1.54) is 18.5 Å². The number of hydrogen-bond donors (Lipinski definition) is 1. The van der Waals surface area contributed by atoms with Crippen molar-refractivity contribution in [1.29, 1.82) is 0 Å². The van der Waals surface area contributed by atoms with Crippen molar-refractivity contribution in [2.75, 3.05) is 18.8 Å². The highest BCUT2D eigenvalue weighted by atomic mass is 19.2. The highest BCUT2D eigenvalue weighted by Crippen LogP contribution is 2.37. The average Bonchev–Trinajstić information content (AvgIpc) is 3.51. The molecule has 0 saturated carbocycles. The van der Waals surface area contributed by atoms with E-state index in [0.29, 0.717) is 30.5 Å². The van der Waals surface area contributed by atoms with Crippen LogP contribution in [0.25, 0.3) is 22.3 Å². The van der Waals surface area contributed by atoms with Gasteiger partial charge in [0.1, 0.15) is 29.4 Å². The fraction of sp³-hybridized carbons (Fsp3) is 0.160. The lowest BCUT2D eigenvalue weighted by molar-refractivity contribution is 0.365. The summed E-state index contributed by atoms with van der Waals surface area (Å²) >= 11 is 0. The van der Waals surface area contributed by atoms with Crippen molar-refractivity contribution < 1.29 is 26.7 Å². The fourth-order valence-corrected chi connectivity index (χ4v) is 4.28. The molecule has 0 aliphatic carbocycles. The molecule has 0 bridgehead atoms. The number of fused-ring (bicyclic) bond motifs is 1. The van der Waals surface area contributed by atoms with Crippen molar-refractivity contribution >= 4 is 16.9 Å². The number of nitrogens with two attached hydrogens (primary N) is 1. The normalized spacial score (nSPS) is 15.4. The standard InChI is InChI=1S/C25H19F5N6O/c1-3-12(2)35-7-6-13(10-35)36-25-19(24(31)32-11-33-25)22(34-36)15-5-4-14(8-16(15)26)37-23-20(29)17(27)9-18(28)21(23)30/h3-5,8-9,11,13H,1-2,6-7,10H2,(H2,31,32,33)/t13-/m1/s1. The Morgan fingerprint density at radius 1 is 1.05 bits per heavy atom. The number of rotatable bonds is 6. The van der Waals surface area contributed by atoms with Crippen LogP contribution in [0.5, 0.6) is 11.5 Å². The monoisotopic (exact) mass is 514 g/mol. The lowest BCUT2D eigenvalue weighted by atomic mass is 10.1. The van der Waals surface area contributed by atoms with Gasteiger partial charge in [0.15, 0.2) is 17.3 Å². The number of halogens is 5. The molecule has 190 valence electrons. The minimum atomic E-state index is -1.75. The van der Waals surface area contributed by atoms with Crippen LogP contribution in [0.15, 0.2) is 55.5 Å². The van der Waals surface area contributed by atoms with E-state index in [9.17, 15) is 17.6 Å².